The third-order valence-corrected chi connectivity index (χ3v) is 9.04. The molecule has 0 saturated heterocycles. The molecule has 0 fully saturated rings. The Bertz CT molecular complexity index is 2510. The van der Waals surface area contributed by atoms with E-state index in [1.807, 2.05) is 12.1 Å². The molecule has 8 aromatic carbocycles. The number of nitrogens with zero attached hydrogens (tertiary/aromatic N) is 1. The highest BCUT2D eigenvalue weighted by atomic mass is 16.3. The van der Waals surface area contributed by atoms with Crippen molar-refractivity contribution in [3.63, 3.8) is 0 Å². The van der Waals surface area contributed by atoms with Crippen molar-refractivity contribution in [3.05, 3.63) is 176 Å². The molecule has 1 aromatic heterocycles. The maximum Gasteiger partial charge on any atom is 0.136 e. The van der Waals surface area contributed by atoms with Gasteiger partial charge in [0.25, 0.3) is 0 Å². The number of para-hydroxylation sites is 2. The summed E-state index contributed by atoms with van der Waals surface area (Å²) < 4.78 is 6.18. The van der Waals surface area contributed by atoms with Crippen LogP contribution in [0.2, 0.25) is 0 Å². The molecule has 0 aliphatic heterocycles. The summed E-state index contributed by atoms with van der Waals surface area (Å²) in [5.74, 6) is 0. The van der Waals surface area contributed by atoms with Gasteiger partial charge in [-0.3, -0.25) is 0 Å². The molecule has 216 valence electrons. The molecule has 0 aliphatic rings. The van der Waals surface area contributed by atoms with Crippen molar-refractivity contribution in [1.82, 2.24) is 0 Å². The quantitative estimate of drug-likeness (QED) is 0.199. The molecule has 0 N–H and O–H groups in total. The van der Waals surface area contributed by atoms with Crippen molar-refractivity contribution < 1.29 is 4.42 Å². The number of benzene rings is 8. The zero-order valence-corrected chi connectivity index (χ0v) is 25.1. The Hall–Kier alpha value is -6.12. The standard InChI is InChI=1S/C44H29NO/c1-2-10-37(11-3-1)45(38-23-18-31(19-24-38)35-16-14-30-8-4-5-9-34(30)28-35)39-25-20-32(21-26-39)36-17-15-33-22-27-43-44(41(33)29-36)40-12-6-7-13-42(40)46-43/h1-29H. The predicted octanol–water partition coefficient (Wildman–Crippen LogP) is 12.7. The highest BCUT2D eigenvalue weighted by Crippen LogP contribution is 2.39. The van der Waals surface area contributed by atoms with E-state index >= 15 is 0 Å². The first-order valence-corrected chi connectivity index (χ1v) is 15.7. The molecule has 0 radical (unpaired) electrons. The van der Waals surface area contributed by atoms with Crippen molar-refractivity contribution in [3.8, 4) is 22.3 Å². The van der Waals surface area contributed by atoms with Gasteiger partial charge in [-0.25, -0.2) is 0 Å². The van der Waals surface area contributed by atoms with Crippen LogP contribution in [0.1, 0.15) is 0 Å². The molecular weight excluding hydrogens is 558 g/mol. The highest BCUT2D eigenvalue weighted by molar-refractivity contribution is 6.19. The lowest BCUT2D eigenvalue weighted by Crippen LogP contribution is -2.09. The molecule has 9 rings (SSSR count). The van der Waals surface area contributed by atoms with Crippen molar-refractivity contribution in [2.75, 3.05) is 4.90 Å². The van der Waals surface area contributed by atoms with Gasteiger partial charge < -0.3 is 9.32 Å². The lowest BCUT2D eigenvalue weighted by Gasteiger charge is -2.26. The van der Waals surface area contributed by atoms with Gasteiger partial charge in [-0.15, -0.1) is 0 Å². The second-order valence-corrected chi connectivity index (χ2v) is 11.8. The molecule has 0 unspecified atom stereocenters. The number of rotatable bonds is 5. The third kappa shape index (κ3) is 4.51. The summed E-state index contributed by atoms with van der Waals surface area (Å²) >= 11 is 0. The second-order valence-electron chi connectivity index (χ2n) is 11.8. The van der Waals surface area contributed by atoms with Gasteiger partial charge in [0.1, 0.15) is 11.2 Å². The second kappa shape index (κ2) is 10.8. The minimum atomic E-state index is 0.922. The first-order valence-electron chi connectivity index (χ1n) is 15.7. The number of hydrogen-bond donors (Lipinski definition) is 0. The third-order valence-electron chi connectivity index (χ3n) is 9.04. The van der Waals surface area contributed by atoms with Gasteiger partial charge in [0.05, 0.1) is 0 Å². The summed E-state index contributed by atoms with van der Waals surface area (Å²) in [6.45, 7) is 0. The fourth-order valence-electron chi connectivity index (χ4n) is 6.72. The number of fused-ring (bicyclic) bond motifs is 6. The molecule has 0 amide bonds. The van der Waals surface area contributed by atoms with Crippen molar-refractivity contribution in [2.45, 2.75) is 0 Å². The lowest BCUT2D eigenvalue weighted by molar-refractivity contribution is 0.669. The molecule has 46 heavy (non-hydrogen) atoms. The van der Waals surface area contributed by atoms with E-state index in [4.69, 9.17) is 4.42 Å². The minimum Gasteiger partial charge on any atom is -0.456 e. The van der Waals surface area contributed by atoms with Crippen molar-refractivity contribution in [1.29, 1.82) is 0 Å². The van der Waals surface area contributed by atoms with Crippen LogP contribution in [0.25, 0.3) is 65.7 Å². The van der Waals surface area contributed by atoms with Gasteiger partial charge >= 0.3 is 0 Å². The molecule has 9 aromatic rings. The van der Waals surface area contributed by atoms with Crippen LogP contribution in [0, 0.1) is 0 Å². The Morgan fingerprint density at radius 2 is 0.870 bits per heavy atom. The molecule has 0 saturated carbocycles. The van der Waals surface area contributed by atoms with Crippen LogP contribution in [0.5, 0.6) is 0 Å². The Balaban J connectivity index is 1.09. The van der Waals surface area contributed by atoms with E-state index in [1.165, 1.54) is 49.2 Å². The molecule has 2 nitrogen and oxygen atoms in total. The smallest absolute Gasteiger partial charge is 0.136 e. The highest BCUT2D eigenvalue weighted by Gasteiger charge is 2.14. The predicted molar refractivity (Wildman–Crippen MR) is 194 cm³/mol. The molecule has 1 heterocycles. The first kappa shape index (κ1) is 26.3. The van der Waals surface area contributed by atoms with Gasteiger partial charge in [0.15, 0.2) is 0 Å². The maximum atomic E-state index is 6.18. The van der Waals surface area contributed by atoms with E-state index in [9.17, 15) is 0 Å². The summed E-state index contributed by atoms with van der Waals surface area (Å²) in [4.78, 5) is 2.31. The van der Waals surface area contributed by atoms with Gasteiger partial charge in [-0.2, -0.15) is 0 Å². The largest absolute Gasteiger partial charge is 0.456 e. The van der Waals surface area contributed by atoms with Gasteiger partial charge in [0.2, 0.25) is 0 Å². The van der Waals surface area contributed by atoms with E-state index in [-0.39, 0.29) is 0 Å². The van der Waals surface area contributed by atoms with Crippen LogP contribution in [-0.2, 0) is 0 Å². The maximum absolute atomic E-state index is 6.18. The van der Waals surface area contributed by atoms with Gasteiger partial charge in [0, 0.05) is 27.8 Å². The van der Waals surface area contributed by atoms with Crippen LogP contribution in [0.3, 0.4) is 0 Å². The Kier molecular flexibility index (Phi) is 6.17. The summed E-state index contributed by atoms with van der Waals surface area (Å²) in [5.41, 5.74) is 9.97. The van der Waals surface area contributed by atoms with Crippen molar-refractivity contribution in [2.24, 2.45) is 0 Å². The van der Waals surface area contributed by atoms with E-state index in [1.54, 1.807) is 0 Å². The van der Waals surface area contributed by atoms with Crippen LogP contribution in [-0.4, -0.2) is 0 Å². The average Bonchev–Trinajstić information content (AvgIpc) is 3.52. The Labute approximate surface area is 267 Å². The van der Waals surface area contributed by atoms with Crippen LogP contribution in [0.4, 0.5) is 17.1 Å². The van der Waals surface area contributed by atoms with E-state index < -0.39 is 0 Å². The van der Waals surface area contributed by atoms with E-state index in [2.05, 4.69) is 169 Å². The lowest BCUT2D eigenvalue weighted by atomic mass is 9.98. The average molecular weight is 588 g/mol. The molecule has 0 spiro atoms. The molecule has 0 bridgehead atoms. The zero-order valence-electron chi connectivity index (χ0n) is 25.1. The van der Waals surface area contributed by atoms with Crippen LogP contribution >= 0.6 is 0 Å². The molecule has 0 aliphatic carbocycles. The van der Waals surface area contributed by atoms with Crippen molar-refractivity contribution >= 4 is 60.5 Å². The fourth-order valence-corrected chi connectivity index (χ4v) is 6.72. The van der Waals surface area contributed by atoms with Gasteiger partial charge in [-0.1, -0.05) is 115 Å². The number of furan rings is 1. The van der Waals surface area contributed by atoms with E-state index in [0.29, 0.717) is 0 Å². The minimum absolute atomic E-state index is 0.922. The van der Waals surface area contributed by atoms with E-state index in [0.717, 1.165) is 33.6 Å². The Morgan fingerprint density at radius 3 is 1.61 bits per heavy atom. The normalized spacial score (nSPS) is 11.5. The summed E-state index contributed by atoms with van der Waals surface area (Å²) in [5, 5.41) is 7.26. The summed E-state index contributed by atoms with van der Waals surface area (Å²) in [7, 11) is 0. The van der Waals surface area contributed by atoms with Gasteiger partial charge in [-0.05, 0) is 104 Å². The monoisotopic (exact) mass is 587 g/mol. The number of hydrogen-bond acceptors (Lipinski definition) is 2. The summed E-state index contributed by atoms with van der Waals surface area (Å²) in [6, 6.07) is 62.8. The topological polar surface area (TPSA) is 16.4 Å². The first-order chi connectivity index (χ1) is 22.8. The summed E-state index contributed by atoms with van der Waals surface area (Å²) in [6.07, 6.45) is 0. The van der Waals surface area contributed by atoms with Crippen LogP contribution in [0.15, 0.2) is 180 Å². The molecule has 2 heteroatoms. The molecule has 0 atom stereocenters. The van der Waals surface area contributed by atoms with Crippen LogP contribution < -0.4 is 4.90 Å². The Morgan fingerprint density at radius 1 is 0.326 bits per heavy atom. The number of anilines is 3. The SMILES string of the molecule is c1ccc(N(c2ccc(-c3ccc4ccccc4c3)cc2)c2ccc(-c3ccc4ccc5oc6ccccc6c5c4c3)cc2)cc1. The fraction of sp³-hybridized carbons (Fsp3) is 0. The zero-order chi connectivity index (χ0) is 30.5. The molecular formula is C44H29NO.